The molecule has 0 aromatic rings. The minimum atomic E-state index is -2.29. The van der Waals surface area contributed by atoms with E-state index in [-0.39, 0.29) is 63.9 Å². The van der Waals surface area contributed by atoms with Crippen LogP contribution in [0.25, 0.3) is 0 Å². The van der Waals surface area contributed by atoms with Gasteiger partial charge in [-0.25, -0.2) is 0 Å². The summed E-state index contributed by atoms with van der Waals surface area (Å²) in [4.78, 5) is 23.6. The number of ether oxygens (including phenoxy) is 2. The lowest BCUT2D eigenvalue weighted by Gasteiger charge is -2.36. The van der Waals surface area contributed by atoms with Crippen LogP contribution in [-0.2, 0) is 59.4 Å². The van der Waals surface area contributed by atoms with Gasteiger partial charge in [-0.15, -0.1) is 0 Å². The van der Waals surface area contributed by atoms with Gasteiger partial charge in [-0.1, -0.05) is 138 Å². The van der Waals surface area contributed by atoms with Crippen molar-refractivity contribution in [1.82, 2.24) is 0 Å². The molecular formula is C38H106Br2O8P4S2Si7. The molecule has 23 heteroatoms. The van der Waals surface area contributed by atoms with Crippen LogP contribution >= 0.6 is 63.1 Å². The highest BCUT2D eigenvalue weighted by Crippen LogP contribution is 2.27. The molecule has 0 saturated carbocycles. The van der Waals surface area contributed by atoms with Crippen molar-refractivity contribution >= 4 is 158 Å². The van der Waals surface area contributed by atoms with Gasteiger partial charge < -0.3 is 26.2 Å². The molecule has 0 bridgehead atoms. The first-order valence-corrected chi connectivity index (χ1v) is 49.0. The second-order valence-corrected chi connectivity index (χ2v) is 56.3. The fraction of sp³-hybridized carbons (Fsp3) is 0.947. The quantitative estimate of drug-likeness (QED) is 0.0343. The topological polar surface area (TPSA) is 89.5 Å². The first-order chi connectivity index (χ1) is 24.0. The predicted octanol–water partition coefficient (Wildman–Crippen LogP) is 16.6. The molecule has 0 heterocycles. The number of carbonyl (C=O) groups excluding carboxylic acids is 2. The van der Waals surface area contributed by atoms with Crippen molar-refractivity contribution in [1.29, 1.82) is 0 Å². The lowest BCUT2D eigenvalue weighted by Crippen LogP contribution is -2.51. The minimum absolute atomic E-state index is 0. The molecule has 8 nitrogen and oxygen atoms in total. The SMILES string of the molecule is C.C.C.C.C.C.C.CPP=S.C[SiH](C)C[Si](C)(CCCOC(=O)C(C)(C)Br)O[Si](C)(C)C.C[SiH](C)O[Si](C)(CCCOC(=O)C(C)(C)Br)OC[Si](C)(C)O[Si](C)(C)C.PP=S. The summed E-state index contributed by atoms with van der Waals surface area (Å²) in [5, 5.41) is 0. The molecular weight excluding hydrogens is 1130 g/mol. The predicted molar refractivity (Wildman–Crippen MR) is 326 cm³/mol. The van der Waals surface area contributed by atoms with Gasteiger partial charge in [0.25, 0.3) is 0 Å². The van der Waals surface area contributed by atoms with Crippen LogP contribution in [0.1, 0.15) is 92.5 Å². The van der Waals surface area contributed by atoms with Crippen LogP contribution in [0.2, 0.25) is 109 Å². The molecule has 61 heavy (non-hydrogen) atoms. The number of halogens is 2. The van der Waals surface area contributed by atoms with E-state index in [1.807, 2.05) is 13.8 Å². The summed E-state index contributed by atoms with van der Waals surface area (Å²) < 4.78 is 35.1. The van der Waals surface area contributed by atoms with Crippen LogP contribution in [0.3, 0.4) is 0 Å². The highest BCUT2D eigenvalue weighted by molar-refractivity contribution is 9.10. The standard InChI is InChI=1S/C16H39BrO5Si4.C14H33BrO3Si3.CH4P2S.7CH4.H2P2S/c1-16(2,17)15(18)19-12-11-13-26(10,21-23(3)4)20-14-25(8,9)22-24(5,6)7;1-14(2,15)13(16)17-10-9-11-21(8,12-19(3)4)18-20(5,6)7;1-2-3-4;;;;;;;;1-2-3/h23H,11-14H2,1-10H3;19H,9-12H2,1-8H3;2H,1H3;7*1H4;1H2. The van der Waals surface area contributed by atoms with E-state index in [1.165, 1.54) is 5.67 Å². The number of carbonyl (C=O) groups is 2. The summed E-state index contributed by atoms with van der Waals surface area (Å²) in [5.74, 6) is -0.423. The molecule has 0 aliphatic carbocycles. The average Bonchev–Trinajstić information content (AvgIpc) is 2.93. The monoisotopic (exact) mass is 1230 g/mol. The fourth-order valence-electron chi connectivity index (χ4n) is 5.16. The Kier molecular flexibility index (Phi) is 65.9. The van der Waals surface area contributed by atoms with E-state index < -0.39 is 68.3 Å². The van der Waals surface area contributed by atoms with Crippen molar-refractivity contribution in [3.63, 3.8) is 0 Å². The number of esters is 2. The van der Waals surface area contributed by atoms with Crippen LogP contribution < -0.4 is 0 Å². The fourth-order valence-corrected chi connectivity index (χ4v) is 36.6. The Bertz CT molecular complexity index is 1080. The van der Waals surface area contributed by atoms with Crippen LogP contribution in [0, 0.1) is 0 Å². The molecule has 0 aliphatic rings. The Morgan fingerprint density at radius 2 is 1.02 bits per heavy atom. The van der Waals surface area contributed by atoms with Gasteiger partial charge in [0.2, 0.25) is 0 Å². The van der Waals surface area contributed by atoms with Crippen molar-refractivity contribution < 1.29 is 35.8 Å². The van der Waals surface area contributed by atoms with E-state index >= 15 is 0 Å². The van der Waals surface area contributed by atoms with Gasteiger partial charge in [0.05, 0.1) is 19.4 Å². The zero-order valence-electron chi connectivity index (χ0n) is 37.1. The molecule has 4 unspecified atom stereocenters. The zero-order valence-corrected chi connectivity index (χ0v) is 53.2. The van der Waals surface area contributed by atoms with Crippen molar-refractivity contribution in [2.75, 3.05) is 26.1 Å². The third-order valence-corrected chi connectivity index (χ3v) is 33.6. The Morgan fingerprint density at radius 3 is 1.28 bits per heavy atom. The normalized spacial score (nSPS) is 13.3. The molecule has 380 valence electrons. The summed E-state index contributed by atoms with van der Waals surface area (Å²) in [6, 6.07) is 1.92. The van der Waals surface area contributed by atoms with E-state index in [4.69, 9.17) is 26.2 Å². The summed E-state index contributed by atoms with van der Waals surface area (Å²) >= 11 is 15.5. The van der Waals surface area contributed by atoms with Crippen molar-refractivity contribution in [2.45, 2.75) is 211 Å². The summed E-state index contributed by atoms with van der Waals surface area (Å²) in [7, 11) is -5.42. The molecule has 0 aromatic heterocycles. The molecule has 0 N–H and O–H groups in total. The molecule has 0 saturated heterocycles. The first kappa shape index (κ1) is 90.6. The van der Waals surface area contributed by atoms with Gasteiger partial charge in [0.1, 0.15) is 8.65 Å². The van der Waals surface area contributed by atoms with E-state index in [9.17, 15) is 9.59 Å². The van der Waals surface area contributed by atoms with E-state index in [1.54, 1.807) is 13.8 Å². The van der Waals surface area contributed by atoms with Gasteiger partial charge in [0, 0.05) is 8.80 Å². The Balaban J connectivity index is -0.0000000723. The van der Waals surface area contributed by atoms with E-state index in [2.05, 4.69) is 163 Å². The lowest BCUT2D eigenvalue weighted by atomic mass is 10.2. The Labute approximate surface area is 427 Å². The van der Waals surface area contributed by atoms with Crippen LogP contribution in [-0.4, -0.2) is 106 Å². The molecule has 0 spiro atoms. The third-order valence-electron chi connectivity index (χ3n) is 6.34. The van der Waals surface area contributed by atoms with Gasteiger partial charge in [-0.3, -0.25) is 9.59 Å². The molecule has 0 radical (unpaired) electrons. The highest BCUT2D eigenvalue weighted by Gasteiger charge is 2.38. The maximum absolute atomic E-state index is 11.8. The molecule has 0 fully saturated rings. The van der Waals surface area contributed by atoms with E-state index in [0.29, 0.717) is 19.4 Å². The van der Waals surface area contributed by atoms with Crippen LogP contribution in [0.4, 0.5) is 0 Å². The van der Waals surface area contributed by atoms with Gasteiger partial charge in [-0.2, -0.15) is 0 Å². The number of alkyl halides is 2. The summed E-state index contributed by atoms with van der Waals surface area (Å²) in [6.45, 7) is 41.7. The van der Waals surface area contributed by atoms with Crippen molar-refractivity contribution in [3.8, 4) is 0 Å². The summed E-state index contributed by atoms with van der Waals surface area (Å²) in [6.07, 6.45) is 2.34. The van der Waals surface area contributed by atoms with Crippen molar-refractivity contribution in [2.24, 2.45) is 0 Å². The number of hydrogen-bond donors (Lipinski definition) is 0. The van der Waals surface area contributed by atoms with E-state index in [0.717, 1.165) is 47.3 Å². The van der Waals surface area contributed by atoms with Crippen LogP contribution in [0.15, 0.2) is 0 Å². The van der Waals surface area contributed by atoms with Crippen LogP contribution in [0.5, 0.6) is 0 Å². The molecule has 0 amide bonds. The maximum Gasteiger partial charge on any atom is 0.324 e. The molecule has 4 atom stereocenters. The average molecular weight is 1240 g/mol. The number of rotatable bonds is 22. The Hall–Kier alpha value is 3.16. The molecule has 0 aliphatic heterocycles. The third kappa shape index (κ3) is 63.2. The zero-order chi connectivity index (χ0) is 43.8. The largest absolute Gasteiger partial charge is 0.465 e. The lowest BCUT2D eigenvalue weighted by molar-refractivity contribution is -0.146. The van der Waals surface area contributed by atoms with Gasteiger partial charge in [-0.05, 0) is 158 Å². The number of hydrogen-bond acceptors (Lipinski definition) is 10. The summed E-state index contributed by atoms with van der Waals surface area (Å²) in [5.41, 5.74) is 1.31. The molecule has 0 rings (SSSR count). The van der Waals surface area contributed by atoms with Crippen molar-refractivity contribution in [3.05, 3.63) is 0 Å². The Morgan fingerprint density at radius 1 is 0.689 bits per heavy atom. The molecule has 0 aromatic carbocycles. The second-order valence-electron chi connectivity index (χ2n) is 17.7. The maximum atomic E-state index is 11.8. The second kappa shape index (κ2) is 44.4. The first-order valence-electron chi connectivity index (χ1n) is 18.5. The minimum Gasteiger partial charge on any atom is -0.465 e. The van der Waals surface area contributed by atoms with Gasteiger partial charge >= 0.3 is 20.5 Å². The highest BCUT2D eigenvalue weighted by atomic mass is 79.9. The smallest absolute Gasteiger partial charge is 0.324 e. The van der Waals surface area contributed by atoms with Gasteiger partial charge in [0.15, 0.2) is 42.3 Å².